The zero-order valence-electron chi connectivity index (χ0n) is 12.2. The van der Waals surface area contributed by atoms with Gasteiger partial charge < -0.3 is 14.4 Å². The molecule has 4 heteroatoms. The summed E-state index contributed by atoms with van der Waals surface area (Å²) >= 11 is 5.51. The normalized spacial score (nSPS) is 10.6. The lowest BCUT2D eigenvalue weighted by Crippen LogP contribution is -2.34. The first-order valence-electron chi connectivity index (χ1n) is 6.49. The van der Waals surface area contributed by atoms with Crippen LogP contribution in [0.25, 0.3) is 0 Å². The van der Waals surface area contributed by atoms with Gasteiger partial charge in [-0.2, -0.15) is 0 Å². The fraction of sp³-hybridized carbons (Fsp3) is 0.533. The topological polar surface area (TPSA) is 21.7 Å². The van der Waals surface area contributed by atoms with Crippen molar-refractivity contribution in [3.05, 3.63) is 29.8 Å². The molecule has 0 radical (unpaired) electrons. The van der Waals surface area contributed by atoms with E-state index in [2.05, 4.69) is 30.9 Å². The second-order valence-corrected chi connectivity index (χ2v) is 5.17. The van der Waals surface area contributed by atoms with Gasteiger partial charge in [-0.3, -0.25) is 0 Å². The van der Waals surface area contributed by atoms with Gasteiger partial charge in [0.15, 0.2) is 0 Å². The Morgan fingerprint density at radius 1 is 1.21 bits per heavy atom. The van der Waals surface area contributed by atoms with Crippen LogP contribution in [-0.4, -0.2) is 37.3 Å². The molecule has 0 fully saturated rings. The maximum atomic E-state index is 5.51. The number of rotatable bonds is 7. The third kappa shape index (κ3) is 5.17. The summed E-state index contributed by atoms with van der Waals surface area (Å²) in [6.45, 7) is 6.55. The van der Waals surface area contributed by atoms with Gasteiger partial charge in [0.2, 0.25) is 0 Å². The highest BCUT2D eigenvalue weighted by atomic mass is 32.1. The lowest BCUT2D eigenvalue weighted by molar-refractivity contribution is 0.173. The maximum Gasteiger partial charge on any atom is 0.118 e. The lowest BCUT2D eigenvalue weighted by atomic mass is 10.1. The van der Waals surface area contributed by atoms with Gasteiger partial charge in [0.25, 0.3) is 0 Å². The van der Waals surface area contributed by atoms with Crippen LogP contribution in [-0.2, 0) is 11.3 Å². The van der Waals surface area contributed by atoms with E-state index < -0.39 is 0 Å². The molecule has 0 aliphatic carbocycles. The molecule has 0 unspecified atom stereocenters. The predicted molar refractivity (Wildman–Crippen MR) is 82.7 cm³/mol. The van der Waals surface area contributed by atoms with E-state index >= 15 is 0 Å². The average Bonchev–Trinajstić information content (AvgIpc) is 2.43. The smallest absolute Gasteiger partial charge is 0.118 e. The second kappa shape index (κ2) is 8.12. The molecule has 0 aliphatic rings. The number of hydrogen-bond donors (Lipinski definition) is 0. The molecular formula is C15H23NO2S. The molecule has 19 heavy (non-hydrogen) atoms. The first kappa shape index (κ1) is 15.9. The summed E-state index contributed by atoms with van der Waals surface area (Å²) in [6.07, 6.45) is 0. The molecule has 0 spiro atoms. The van der Waals surface area contributed by atoms with Crippen LogP contribution in [0.4, 0.5) is 0 Å². The number of thiocarbonyl (C=S) groups is 1. The van der Waals surface area contributed by atoms with E-state index in [0.29, 0.717) is 12.5 Å². The van der Waals surface area contributed by atoms with Crippen molar-refractivity contribution in [3.8, 4) is 5.75 Å². The molecule has 0 N–H and O–H groups in total. The largest absolute Gasteiger partial charge is 0.497 e. The van der Waals surface area contributed by atoms with E-state index in [0.717, 1.165) is 23.8 Å². The summed E-state index contributed by atoms with van der Waals surface area (Å²) in [4.78, 5) is 3.18. The van der Waals surface area contributed by atoms with Crippen LogP contribution in [0.5, 0.6) is 5.75 Å². The monoisotopic (exact) mass is 281 g/mol. The summed E-state index contributed by atoms with van der Waals surface area (Å²) in [5.41, 5.74) is 1.22. The molecule has 0 amide bonds. The maximum absolute atomic E-state index is 5.51. The lowest BCUT2D eigenvalue weighted by Gasteiger charge is -2.27. The molecule has 1 aromatic rings. The Balaban J connectivity index is 2.72. The van der Waals surface area contributed by atoms with Crippen molar-refractivity contribution in [1.29, 1.82) is 0 Å². The van der Waals surface area contributed by atoms with Crippen LogP contribution in [0.2, 0.25) is 0 Å². The molecule has 1 rings (SSSR count). The molecule has 3 nitrogen and oxygen atoms in total. The fourth-order valence-electron chi connectivity index (χ4n) is 1.79. The average molecular weight is 281 g/mol. The first-order valence-corrected chi connectivity index (χ1v) is 6.90. The van der Waals surface area contributed by atoms with Crippen LogP contribution < -0.4 is 4.74 Å². The van der Waals surface area contributed by atoms with E-state index in [1.807, 2.05) is 12.1 Å². The van der Waals surface area contributed by atoms with Crippen LogP contribution >= 0.6 is 12.2 Å². The molecule has 0 bridgehead atoms. The van der Waals surface area contributed by atoms with Crippen molar-refractivity contribution in [2.45, 2.75) is 20.4 Å². The number of nitrogens with zero attached hydrogens (tertiary/aromatic N) is 1. The SMILES string of the molecule is COCCN(Cc1ccc(OC)cc1)C(=S)C(C)C. The quantitative estimate of drug-likeness (QED) is 0.716. The van der Waals surface area contributed by atoms with Crippen molar-refractivity contribution in [2.24, 2.45) is 5.92 Å². The van der Waals surface area contributed by atoms with Gasteiger partial charge in [0.1, 0.15) is 5.75 Å². The highest BCUT2D eigenvalue weighted by Crippen LogP contribution is 2.15. The van der Waals surface area contributed by atoms with Crippen LogP contribution in [0.1, 0.15) is 19.4 Å². The zero-order valence-corrected chi connectivity index (χ0v) is 13.0. The summed E-state index contributed by atoms with van der Waals surface area (Å²) < 4.78 is 10.3. The summed E-state index contributed by atoms with van der Waals surface area (Å²) in [7, 11) is 3.39. The Hall–Kier alpha value is -1.13. The Morgan fingerprint density at radius 2 is 1.84 bits per heavy atom. The minimum atomic E-state index is 0.366. The molecule has 0 saturated carbocycles. The van der Waals surface area contributed by atoms with Gasteiger partial charge in [-0.25, -0.2) is 0 Å². The van der Waals surface area contributed by atoms with Crippen molar-refractivity contribution < 1.29 is 9.47 Å². The molecule has 0 aromatic heterocycles. The summed E-state index contributed by atoms with van der Waals surface area (Å²) in [5, 5.41) is 0. The predicted octanol–water partition coefficient (Wildman–Crippen LogP) is 3.13. The van der Waals surface area contributed by atoms with E-state index in [-0.39, 0.29) is 0 Å². The third-order valence-corrected chi connectivity index (χ3v) is 3.63. The minimum absolute atomic E-state index is 0.366. The van der Waals surface area contributed by atoms with E-state index in [9.17, 15) is 0 Å². The molecule has 106 valence electrons. The van der Waals surface area contributed by atoms with Gasteiger partial charge in [-0.05, 0) is 17.7 Å². The highest BCUT2D eigenvalue weighted by Gasteiger charge is 2.13. The standard InChI is InChI=1S/C15H23NO2S/c1-12(2)15(19)16(9-10-17-3)11-13-5-7-14(18-4)8-6-13/h5-8,12H,9-11H2,1-4H3. The second-order valence-electron chi connectivity index (χ2n) is 4.76. The molecule has 1 aromatic carbocycles. The van der Waals surface area contributed by atoms with E-state index in [1.54, 1.807) is 14.2 Å². The van der Waals surface area contributed by atoms with Crippen molar-refractivity contribution in [2.75, 3.05) is 27.4 Å². The van der Waals surface area contributed by atoms with Crippen LogP contribution in [0.15, 0.2) is 24.3 Å². The molecule has 0 atom stereocenters. The van der Waals surface area contributed by atoms with Gasteiger partial charge in [0, 0.05) is 26.1 Å². The van der Waals surface area contributed by atoms with Crippen LogP contribution in [0, 0.1) is 5.92 Å². The van der Waals surface area contributed by atoms with Crippen LogP contribution in [0.3, 0.4) is 0 Å². The number of benzene rings is 1. The Kier molecular flexibility index (Phi) is 6.81. The zero-order chi connectivity index (χ0) is 14.3. The molecule has 0 aliphatic heterocycles. The van der Waals surface area contributed by atoms with Gasteiger partial charge in [-0.15, -0.1) is 0 Å². The number of ether oxygens (including phenoxy) is 2. The number of methoxy groups -OCH3 is 2. The van der Waals surface area contributed by atoms with Crippen molar-refractivity contribution >= 4 is 17.2 Å². The van der Waals surface area contributed by atoms with Gasteiger partial charge >= 0.3 is 0 Å². The Morgan fingerprint density at radius 3 is 2.32 bits per heavy atom. The minimum Gasteiger partial charge on any atom is -0.497 e. The summed E-state index contributed by atoms with van der Waals surface area (Å²) in [6, 6.07) is 8.09. The molecule has 0 saturated heterocycles. The fourth-order valence-corrected chi connectivity index (χ4v) is 1.94. The number of hydrogen-bond acceptors (Lipinski definition) is 3. The Bertz CT molecular complexity index is 390. The van der Waals surface area contributed by atoms with Crippen molar-refractivity contribution in [3.63, 3.8) is 0 Å². The summed E-state index contributed by atoms with van der Waals surface area (Å²) in [5.74, 6) is 1.24. The van der Waals surface area contributed by atoms with Gasteiger partial charge in [0.05, 0.1) is 18.7 Å². The van der Waals surface area contributed by atoms with Gasteiger partial charge in [-0.1, -0.05) is 38.2 Å². The van der Waals surface area contributed by atoms with E-state index in [4.69, 9.17) is 21.7 Å². The third-order valence-electron chi connectivity index (χ3n) is 2.90. The first-order chi connectivity index (χ1) is 9.08. The highest BCUT2D eigenvalue weighted by molar-refractivity contribution is 7.80. The molecular weight excluding hydrogens is 258 g/mol. The van der Waals surface area contributed by atoms with Crippen molar-refractivity contribution in [1.82, 2.24) is 4.90 Å². The molecule has 0 heterocycles. The Labute approximate surface area is 121 Å². The van der Waals surface area contributed by atoms with E-state index in [1.165, 1.54) is 5.56 Å².